The molecule has 3 amide bonds. The van der Waals surface area contributed by atoms with Crippen molar-refractivity contribution in [3.05, 3.63) is 65.2 Å². The lowest BCUT2D eigenvalue weighted by molar-refractivity contribution is -0.117. The highest BCUT2D eigenvalue weighted by Gasteiger charge is 2.24. The molecule has 6 heteroatoms. The summed E-state index contributed by atoms with van der Waals surface area (Å²) in [4.78, 5) is 25.5. The molecule has 28 heavy (non-hydrogen) atoms. The molecule has 0 bridgehead atoms. The third-order valence-electron chi connectivity index (χ3n) is 5.18. The Morgan fingerprint density at radius 1 is 1.18 bits per heavy atom. The topological polar surface area (TPSA) is 87.5 Å². The third kappa shape index (κ3) is 5.57. The molecule has 1 aliphatic heterocycles. The van der Waals surface area contributed by atoms with Crippen molar-refractivity contribution in [2.24, 2.45) is 5.73 Å². The second-order valence-corrected chi connectivity index (χ2v) is 7.37. The standard InChI is InChI=1S/C22H28N4O2/c1-16-5-2-3-8-20(16)18-9-11-26(15-18)12-10-24-22(28)25-19-7-4-6-17(13-19)14-21(23)27/h2-8,13,18H,9-12,14-15H2,1H3,(H2,23,27)(H2,24,25,28). The van der Waals surface area contributed by atoms with E-state index in [0.29, 0.717) is 18.2 Å². The normalized spacial score (nSPS) is 16.7. The van der Waals surface area contributed by atoms with Gasteiger partial charge in [0.1, 0.15) is 0 Å². The van der Waals surface area contributed by atoms with Gasteiger partial charge in [-0.3, -0.25) is 4.79 Å². The maximum Gasteiger partial charge on any atom is 0.319 e. The molecule has 0 spiro atoms. The van der Waals surface area contributed by atoms with Crippen LogP contribution in [0, 0.1) is 6.92 Å². The number of benzene rings is 2. The van der Waals surface area contributed by atoms with E-state index < -0.39 is 5.91 Å². The lowest BCUT2D eigenvalue weighted by Gasteiger charge is -2.17. The molecule has 2 aromatic rings. The number of likely N-dealkylation sites (tertiary alicyclic amines) is 1. The monoisotopic (exact) mass is 380 g/mol. The largest absolute Gasteiger partial charge is 0.369 e. The smallest absolute Gasteiger partial charge is 0.319 e. The summed E-state index contributed by atoms with van der Waals surface area (Å²) in [5.41, 5.74) is 9.43. The minimum absolute atomic E-state index is 0.161. The Morgan fingerprint density at radius 3 is 2.79 bits per heavy atom. The van der Waals surface area contributed by atoms with Crippen LogP contribution in [0.15, 0.2) is 48.5 Å². The third-order valence-corrected chi connectivity index (χ3v) is 5.18. The molecule has 3 rings (SSSR count). The second kappa shape index (κ2) is 9.37. The summed E-state index contributed by atoms with van der Waals surface area (Å²) in [6.45, 7) is 5.67. The number of hydrogen-bond donors (Lipinski definition) is 3. The van der Waals surface area contributed by atoms with Gasteiger partial charge in [0, 0.05) is 25.3 Å². The highest BCUT2D eigenvalue weighted by molar-refractivity contribution is 5.89. The first-order valence-corrected chi connectivity index (χ1v) is 9.71. The van der Waals surface area contributed by atoms with Gasteiger partial charge in [-0.05, 0) is 54.6 Å². The zero-order chi connectivity index (χ0) is 19.9. The molecule has 0 aromatic heterocycles. The molecule has 1 saturated heterocycles. The van der Waals surface area contributed by atoms with Crippen LogP contribution in [0.4, 0.5) is 10.5 Å². The summed E-state index contributed by atoms with van der Waals surface area (Å²) >= 11 is 0. The van der Waals surface area contributed by atoms with Gasteiger partial charge in [0.25, 0.3) is 0 Å². The number of urea groups is 1. The summed E-state index contributed by atoms with van der Waals surface area (Å²) in [7, 11) is 0. The maximum atomic E-state index is 12.1. The number of nitrogens with zero attached hydrogens (tertiary/aromatic N) is 1. The summed E-state index contributed by atoms with van der Waals surface area (Å²) in [5, 5.41) is 5.70. The van der Waals surface area contributed by atoms with Crippen LogP contribution in [0.1, 0.15) is 29.0 Å². The zero-order valence-electron chi connectivity index (χ0n) is 16.3. The van der Waals surface area contributed by atoms with Crippen LogP contribution in [0.2, 0.25) is 0 Å². The predicted octanol–water partition coefficient (Wildman–Crippen LogP) is 2.63. The highest BCUT2D eigenvalue weighted by atomic mass is 16.2. The van der Waals surface area contributed by atoms with E-state index in [1.54, 1.807) is 18.2 Å². The Morgan fingerprint density at radius 2 is 2.00 bits per heavy atom. The first-order valence-electron chi connectivity index (χ1n) is 9.71. The molecule has 148 valence electrons. The average molecular weight is 380 g/mol. The first kappa shape index (κ1) is 19.9. The van der Waals surface area contributed by atoms with E-state index in [0.717, 1.165) is 31.6 Å². The van der Waals surface area contributed by atoms with Gasteiger partial charge in [0.2, 0.25) is 5.91 Å². The van der Waals surface area contributed by atoms with Crippen LogP contribution in [-0.2, 0) is 11.2 Å². The highest BCUT2D eigenvalue weighted by Crippen LogP contribution is 2.28. The van der Waals surface area contributed by atoms with Crippen LogP contribution < -0.4 is 16.4 Å². The molecule has 1 fully saturated rings. The molecule has 0 aliphatic carbocycles. The summed E-state index contributed by atoms with van der Waals surface area (Å²) in [5.74, 6) is 0.180. The molecule has 2 aromatic carbocycles. The van der Waals surface area contributed by atoms with Crippen LogP contribution in [-0.4, -0.2) is 43.0 Å². The summed E-state index contributed by atoms with van der Waals surface area (Å²) in [6, 6.07) is 15.5. The van der Waals surface area contributed by atoms with E-state index >= 15 is 0 Å². The molecule has 0 saturated carbocycles. The van der Waals surface area contributed by atoms with Gasteiger partial charge in [0.05, 0.1) is 6.42 Å². The number of aryl methyl sites for hydroxylation is 1. The number of carbonyl (C=O) groups excluding carboxylic acids is 2. The van der Waals surface area contributed by atoms with Crippen molar-refractivity contribution in [1.29, 1.82) is 0 Å². The molecule has 6 nitrogen and oxygen atoms in total. The van der Waals surface area contributed by atoms with E-state index in [-0.39, 0.29) is 12.5 Å². The van der Waals surface area contributed by atoms with Crippen molar-refractivity contribution in [2.45, 2.75) is 25.7 Å². The van der Waals surface area contributed by atoms with E-state index in [1.165, 1.54) is 11.1 Å². The molecule has 1 aliphatic rings. The van der Waals surface area contributed by atoms with Crippen molar-refractivity contribution in [1.82, 2.24) is 10.2 Å². The molecular formula is C22H28N4O2. The molecule has 1 atom stereocenters. The van der Waals surface area contributed by atoms with Crippen molar-refractivity contribution < 1.29 is 9.59 Å². The van der Waals surface area contributed by atoms with Crippen molar-refractivity contribution in [3.8, 4) is 0 Å². The summed E-state index contributed by atoms with van der Waals surface area (Å²) < 4.78 is 0. The quantitative estimate of drug-likeness (QED) is 0.690. The molecule has 1 heterocycles. The van der Waals surface area contributed by atoms with E-state index in [1.807, 2.05) is 6.07 Å². The molecular weight excluding hydrogens is 352 g/mol. The Balaban J connectivity index is 1.41. The van der Waals surface area contributed by atoms with Gasteiger partial charge >= 0.3 is 6.03 Å². The van der Waals surface area contributed by atoms with Crippen LogP contribution in [0.5, 0.6) is 0 Å². The fourth-order valence-electron chi connectivity index (χ4n) is 3.80. The van der Waals surface area contributed by atoms with Crippen molar-refractivity contribution in [2.75, 3.05) is 31.5 Å². The fraction of sp³-hybridized carbons (Fsp3) is 0.364. The number of primary amides is 1. The van der Waals surface area contributed by atoms with Gasteiger partial charge in [-0.1, -0.05) is 36.4 Å². The lowest BCUT2D eigenvalue weighted by Crippen LogP contribution is -2.36. The second-order valence-electron chi connectivity index (χ2n) is 7.37. The number of amides is 3. The van der Waals surface area contributed by atoms with Gasteiger partial charge in [0.15, 0.2) is 0 Å². The van der Waals surface area contributed by atoms with Crippen molar-refractivity contribution in [3.63, 3.8) is 0 Å². The van der Waals surface area contributed by atoms with Gasteiger partial charge in [-0.15, -0.1) is 0 Å². The summed E-state index contributed by atoms with van der Waals surface area (Å²) in [6.07, 6.45) is 1.32. The number of carbonyl (C=O) groups is 2. The van der Waals surface area contributed by atoms with Crippen LogP contribution >= 0.6 is 0 Å². The molecule has 0 radical (unpaired) electrons. The van der Waals surface area contributed by atoms with Crippen molar-refractivity contribution >= 4 is 17.6 Å². The average Bonchev–Trinajstić information content (AvgIpc) is 3.10. The number of nitrogens with one attached hydrogen (secondary N) is 2. The van der Waals surface area contributed by atoms with Gasteiger partial charge < -0.3 is 21.3 Å². The Kier molecular flexibility index (Phi) is 6.66. The zero-order valence-corrected chi connectivity index (χ0v) is 16.3. The maximum absolute atomic E-state index is 12.1. The van der Waals surface area contributed by atoms with E-state index in [9.17, 15) is 9.59 Å². The minimum atomic E-state index is -0.392. The first-order chi connectivity index (χ1) is 13.5. The predicted molar refractivity (Wildman–Crippen MR) is 111 cm³/mol. The molecule has 1 unspecified atom stereocenters. The SMILES string of the molecule is Cc1ccccc1C1CCN(CCNC(=O)Nc2cccc(CC(N)=O)c2)C1. The van der Waals surface area contributed by atoms with E-state index in [2.05, 4.69) is 46.7 Å². The number of rotatable bonds is 7. The van der Waals surface area contributed by atoms with Crippen LogP contribution in [0.3, 0.4) is 0 Å². The Labute approximate surface area is 166 Å². The minimum Gasteiger partial charge on any atom is -0.369 e. The van der Waals surface area contributed by atoms with Crippen LogP contribution in [0.25, 0.3) is 0 Å². The number of anilines is 1. The number of hydrogen-bond acceptors (Lipinski definition) is 3. The fourth-order valence-corrected chi connectivity index (χ4v) is 3.80. The Hall–Kier alpha value is -2.86. The van der Waals surface area contributed by atoms with Gasteiger partial charge in [-0.25, -0.2) is 4.79 Å². The van der Waals surface area contributed by atoms with Gasteiger partial charge in [-0.2, -0.15) is 0 Å². The molecule has 4 N–H and O–H groups in total. The Bertz CT molecular complexity index is 837. The number of nitrogens with two attached hydrogens (primary N) is 1. The lowest BCUT2D eigenvalue weighted by atomic mass is 9.94. The van der Waals surface area contributed by atoms with E-state index in [4.69, 9.17) is 5.73 Å².